The summed E-state index contributed by atoms with van der Waals surface area (Å²) in [5.74, 6) is 0.576. The lowest BCUT2D eigenvalue weighted by Crippen LogP contribution is -2.23. The van der Waals surface area contributed by atoms with Crippen molar-refractivity contribution in [2.75, 3.05) is 22.5 Å². The second-order valence-corrected chi connectivity index (χ2v) is 7.65. The minimum absolute atomic E-state index is 0.0949. The molecular formula is C20H20N4O3S. The molecule has 0 aliphatic carbocycles. The van der Waals surface area contributed by atoms with Crippen molar-refractivity contribution in [1.29, 1.82) is 0 Å². The number of thioether (sulfide) groups is 1. The Morgan fingerprint density at radius 2 is 2.18 bits per heavy atom. The average Bonchev–Trinajstić information content (AvgIpc) is 3.27. The summed E-state index contributed by atoms with van der Waals surface area (Å²) >= 11 is 1.38. The molecule has 8 heteroatoms. The van der Waals surface area contributed by atoms with Crippen LogP contribution in [0, 0.1) is 6.92 Å². The number of pyridine rings is 1. The van der Waals surface area contributed by atoms with Crippen molar-refractivity contribution in [2.45, 2.75) is 31.4 Å². The lowest BCUT2D eigenvalue weighted by atomic mass is 10.2. The summed E-state index contributed by atoms with van der Waals surface area (Å²) in [6.07, 6.45) is 1.78. The normalized spacial score (nSPS) is 14.0. The zero-order chi connectivity index (χ0) is 19.5. The van der Waals surface area contributed by atoms with Gasteiger partial charge in [0.05, 0.1) is 0 Å². The fourth-order valence-electron chi connectivity index (χ4n) is 3.08. The summed E-state index contributed by atoms with van der Waals surface area (Å²) in [5, 5.41) is 3.40. The van der Waals surface area contributed by atoms with E-state index >= 15 is 0 Å². The van der Waals surface area contributed by atoms with Crippen molar-refractivity contribution in [2.24, 2.45) is 0 Å². The second-order valence-electron chi connectivity index (χ2n) is 6.60. The maximum Gasteiger partial charge on any atom is 0.258 e. The molecule has 2 aromatic heterocycles. The summed E-state index contributed by atoms with van der Waals surface area (Å²) in [7, 11) is 0. The number of aryl methyl sites for hydroxylation is 1. The van der Waals surface area contributed by atoms with E-state index in [2.05, 4.69) is 15.3 Å². The number of hydrogen-bond acceptors (Lipinski definition) is 6. The van der Waals surface area contributed by atoms with Crippen LogP contribution in [-0.4, -0.2) is 34.1 Å². The Morgan fingerprint density at radius 3 is 3.00 bits per heavy atom. The van der Waals surface area contributed by atoms with Crippen LogP contribution < -0.4 is 10.2 Å². The Hall–Kier alpha value is -2.87. The predicted molar refractivity (Wildman–Crippen MR) is 109 cm³/mol. The fourth-order valence-corrected chi connectivity index (χ4v) is 3.84. The minimum Gasteiger partial charge on any atom is -0.430 e. The molecule has 1 saturated heterocycles. The summed E-state index contributed by atoms with van der Waals surface area (Å²) in [6, 6.07) is 11.1. The Labute approximate surface area is 166 Å². The zero-order valence-electron chi connectivity index (χ0n) is 15.5. The van der Waals surface area contributed by atoms with E-state index in [1.165, 1.54) is 11.8 Å². The van der Waals surface area contributed by atoms with Gasteiger partial charge in [-0.15, -0.1) is 0 Å². The van der Waals surface area contributed by atoms with Gasteiger partial charge in [-0.25, -0.2) is 4.98 Å². The molecule has 0 atom stereocenters. The molecule has 3 heterocycles. The molecule has 28 heavy (non-hydrogen) atoms. The molecule has 0 saturated carbocycles. The second kappa shape index (κ2) is 8.02. The molecule has 7 nitrogen and oxygen atoms in total. The quantitative estimate of drug-likeness (QED) is 0.638. The van der Waals surface area contributed by atoms with E-state index in [9.17, 15) is 9.59 Å². The molecule has 0 bridgehead atoms. The summed E-state index contributed by atoms with van der Waals surface area (Å²) in [4.78, 5) is 34.5. The van der Waals surface area contributed by atoms with Gasteiger partial charge in [0.1, 0.15) is 0 Å². The highest BCUT2D eigenvalue weighted by atomic mass is 32.2. The van der Waals surface area contributed by atoms with Crippen LogP contribution in [0.3, 0.4) is 0 Å². The van der Waals surface area contributed by atoms with Crippen LogP contribution in [0.25, 0.3) is 11.2 Å². The maximum atomic E-state index is 12.2. The van der Waals surface area contributed by atoms with Gasteiger partial charge in [0.2, 0.25) is 11.8 Å². The molecule has 1 N–H and O–H groups in total. The fraction of sp³-hybridized carbons (Fsp3) is 0.300. The van der Waals surface area contributed by atoms with Crippen molar-refractivity contribution in [3.05, 3.63) is 42.1 Å². The number of nitrogens with zero attached hydrogens (tertiary/aromatic N) is 3. The van der Waals surface area contributed by atoms with Gasteiger partial charge in [-0.05, 0) is 43.7 Å². The summed E-state index contributed by atoms with van der Waals surface area (Å²) < 4.78 is 5.63. The Morgan fingerprint density at radius 1 is 1.29 bits per heavy atom. The Balaban J connectivity index is 1.31. The standard InChI is InChI=1S/C20H20N4O3S/c1-13-7-8-16-19(21-13)23-20(27-16)28-11-9-17(25)22-14-4-2-5-15(12-14)24-10-3-6-18(24)26/h2,4-5,7-8,12H,3,6,9-11H2,1H3,(H,22,25). The first-order valence-corrected chi connectivity index (χ1v) is 10.1. The number of hydrogen-bond donors (Lipinski definition) is 1. The van der Waals surface area contributed by atoms with E-state index in [1.54, 1.807) is 4.90 Å². The molecule has 1 aromatic carbocycles. The van der Waals surface area contributed by atoms with Crippen molar-refractivity contribution in [1.82, 2.24) is 9.97 Å². The number of benzene rings is 1. The first-order chi connectivity index (χ1) is 13.6. The number of oxazole rings is 1. The lowest BCUT2D eigenvalue weighted by molar-refractivity contribution is -0.117. The Kier molecular flexibility index (Phi) is 5.29. The highest BCUT2D eigenvalue weighted by Gasteiger charge is 2.21. The molecule has 0 unspecified atom stereocenters. The third kappa shape index (κ3) is 4.17. The molecule has 0 radical (unpaired) electrons. The van der Waals surface area contributed by atoms with Crippen LogP contribution >= 0.6 is 11.8 Å². The predicted octanol–water partition coefficient (Wildman–Crippen LogP) is 3.78. The van der Waals surface area contributed by atoms with E-state index < -0.39 is 0 Å². The third-order valence-corrected chi connectivity index (χ3v) is 5.27. The summed E-state index contributed by atoms with van der Waals surface area (Å²) in [6.45, 7) is 2.63. The van der Waals surface area contributed by atoms with E-state index in [0.29, 0.717) is 40.7 Å². The van der Waals surface area contributed by atoms with Gasteiger partial charge in [0, 0.05) is 42.2 Å². The van der Waals surface area contributed by atoms with Crippen LogP contribution in [0.15, 0.2) is 46.0 Å². The maximum absolute atomic E-state index is 12.2. The van der Waals surface area contributed by atoms with Gasteiger partial charge in [0.25, 0.3) is 5.22 Å². The van der Waals surface area contributed by atoms with Gasteiger partial charge in [-0.2, -0.15) is 4.98 Å². The van der Waals surface area contributed by atoms with Crippen LogP contribution in [0.1, 0.15) is 25.0 Å². The molecule has 144 valence electrons. The van der Waals surface area contributed by atoms with Crippen molar-refractivity contribution >= 4 is 46.2 Å². The lowest BCUT2D eigenvalue weighted by Gasteiger charge is -2.16. The van der Waals surface area contributed by atoms with Gasteiger partial charge in [0.15, 0.2) is 11.2 Å². The molecule has 1 fully saturated rings. The molecular weight excluding hydrogens is 376 g/mol. The SMILES string of the molecule is Cc1ccc2oc(SCCC(=O)Nc3cccc(N4CCCC4=O)c3)nc2n1. The Bertz CT molecular complexity index is 1030. The highest BCUT2D eigenvalue weighted by Crippen LogP contribution is 2.25. The van der Waals surface area contributed by atoms with E-state index in [-0.39, 0.29) is 11.8 Å². The topological polar surface area (TPSA) is 88.3 Å². The van der Waals surface area contributed by atoms with Gasteiger partial charge in [-0.1, -0.05) is 17.8 Å². The first-order valence-electron chi connectivity index (χ1n) is 9.16. The van der Waals surface area contributed by atoms with E-state index in [0.717, 1.165) is 24.3 Å². The number of anilines is 2. The van der Waals surface area contributed by atoms with Crippen molar-refractivity contribution < 1.29 is 14.0 Å². The van der Waals surface area contributed by atoms with Crippen molar-refractivity contribution in [3.63, 3.8) is 0 Å². The van der Waals surface area contributed by atoms with Crippen LogP contribution in [-0.2, 0) is 9.59 Å². The van der Waals surface area contributed by atoms with E-state index in [4.69, 9.17) is 4.42 Å². The molecule has 1 aliphatic rings. The largest absolute Gasteiger partial charge is 0.430 e. The number of rotatable bonds is 6. The zero-order valence-corrected chi connectivity index (χ0v) is 16.3. The monoisotopic (exact) mass is 396 g/mol. The molecule has 4 rings (SSSR count). The van der Waals surface area contributed by atoms with Crippen molar-refractivity contribution in [3.8, 4) is 0 Å². The first kappa shape index (κ1) is 18.5. The molecule has 3 aromatic rings. The number of carbonyl (C=O) groups excluding carboxylic acids is 2. The number of aromatic nitrogens is 2. The molecule has 2 amide bonds. The summed E-state index contributed by atoms with van der Waals surface area (Å²) in [5.41, 5.74) is 3.62. The van der Waals surface area contributed by atoms with Crippen LogP contribution in [0.2, 0.25) is 0 Å². The minimum atomic E-state index is -0.0949. The number of amides is 2. The van der Waals surface area contributed by atoms with E-state index in [1.807, 2.05) is 43.3 Å². The molecule has 1 aliphatic heterocycles. The van der Waals surface area contributed by atoms with Gasteiger partial charge < -0.3 is 14.6 Å². The smallest absolute Gasteiger partial charge is 0.258 e. The van der Waals surface area contributed by atoms with Crippen LogP contribution in [0.4, 0.5) is 11.4 Å². The van der Waals surface area contributed by atoms with Gasteiger partial charge >= 0.3 is 0 Å². The highest BCUT2D eigenvalue weighted by molar-refractivity contribution is 7.99. The third-order valence-electron chi connectivity index (χ3n) is 4.44. The number of carbonyl (C=O) groups is 2. The number of fused-ring (bicyclic) bond motifs is 1. The average molecular weight is 396 g/mol. The molecule has 0 spiro atoms. The van der Waals surface area contributed by atoms with Gasteiger partial charge in [-0.3, -0.25) is 9.59 Å². The number of nitrogens with one attached hydrogen (secondary N) is 1. The van der Waals surface area contributed by atoms with Crippen LogP contribution in [0.5, 0.6) is 0 Å².